The van der Waals surface area contributed by atoms with Crippen LogP contribution in [-0.2, 0) is 4.74 Å². The van der Waals surface area contributed by atoms with Gasteiger partial charge in [-0.25, -0.2) is 4.39 Å². The van der Waals surface area contributed by atoms with Gasteiger partial charge < -0.3 is 18.7 Å². The van der Waals surface area contributed by atoms with Crippen LogP contribution in [0.25, 0.3) is 22.8 Å². The Morgan fingerprint density at radius 1 is 1.04 bits per heavy atom. The van der Waals surface area contributed by atoms with E-state index in [1.165, 1.54) is 6.07 Å². The van der Waals surface area contributed by atoms with E-state index in [2.05, 4.69) is 10.1 Å². The predicted octanol–water partition coefficient (Wildman–Crippen LogP) is 3.58. The molecule has 6 nitrogen and oxygen atoms in total. The lowest BCUT2D eigenvalue weighted by molar-refractivity contribution is 0.144. The maximum atomic E-state index is 13.8. The van der Waals surface area contributed by atoms with E-state index in [0.29, 0.717) is 36.1 Å². The van der Waals surface area contributed by atoms with E-state index in [0.717, 1.165) is 0 Å². The Balaban J connectivity index is 1.86. The molecule has 0 atom stereocenters. The average molecular weight is 344 g/mol. The second-order valence-corrected chi connectivity index (χ2v) is 5.11. The molecule has 2 aromatic carbocycles. The van der Waals surface area contributed by atoms with Gasteiger partial charge in [-0.3, -0.25) is 0 Å². The SMILES string of the molecule is COCCOc1ccc(-c2noc(-c3ccccc3F)n2)cc1OC. The van der Waals surface area contributed by atoms with E-state index in [-0.39, 0.29) is 11.5 Å². The van der Waals surface area contributed by atoms with Crippen LogP contribution in [0.4, 0.5) is 4.39 Å². The Hall–Kier alpha value is -2.93. The fourth-order valence-corrected chi connectivity index (χ4v) is 2.25. The largest absolute Gasteiger partial charge is 0.493 e. The zero-order chi connectivity index (χ0) is 17.6. The topological polar surface area (TPSA) is 66.6 Å². The fourth-order valence-electron chi connectivity index (χ4n) is 2.25. The van der Waals surface area contributed by atoms with Gasteiger partial charge in [0.2, 0.25) is 5.82 Å². The summed E-state index contributed by atoms with van der Waals surface area (Å²) in [6, 6.07) is 11.5. The zero-order valence-corrected chi connectivity index (χ0v) is 13.9. The van der Waals surface area contributed by atoms with E-state index in [1.807, 2.05) is 0 Å². The Bertz CT molecular complexity index is 851. The van der Waals surface area contributed by atoms with Gasteiger partial charge in [0.05, 0.1) is 19.3 Å². The number of hydrogen-bond acceptors (Lipinski definition) is 6. The molecule has 7 heteroatoms. The highest BCUT2D eigenvalue weighted by atomic mass is 19.1. The second kappa shape index (κ2) is 7.76. The summed E-state index contributed by atoms with van der Waals surface area (Å²) < 4.78 is 34.9. The van der Waals surface area contributed by atoms with Gasteiger partial charge in [0.25, 0.3) is 5.89 Å². The minimum atomic E-state index is -0.419. The molecular weight excluding hydrogens is 327 g/mol. The van der Waals surface area contributed by atoms with Crippen molar-refractivity contribution >= 4 is 0 Å². The van der Waals surface area contributed by atoms with Gasteiger partial charge in [-0.05, 0) is 30.3 Å². The number of nitrogens with zero attached hydrogens (tertiary/aromatic N) is 2. The summed E-state index contributed by atoms with van der Waals surface area (Å²) in [5, 5.41) is 3.92. The lowest BCUT2D eigenvalue weighted by Crippen LogP contribution is -2.05. The quantitative estimate of drug-likeness (QED) is 0.610. The highest BCUT2D eigenvalue weighted by molar-refractivity contribution is 5.63. The maximum Gasteiger partial charge on any atom is 0.261 e. The van der Waals surface area contributed by atoms with Crippen molar-refractivity contribution < 1.29 is 23.1 Å². The first-order chi connectivity index (χ1) is 12.2. The molecule has 0 unspecified atom stereocenters. The van der Waals surface area contributed by atoms with Gasteiger partial charge in [0, 0.05) is 12.7 Å². The molecule has 1 heterocycles. The summed E-state index contributed by atoms with van der Waals surface area (Å²) >= 11 is 0. The van der Waals surface area contributed by atoms with Crippen molar-refractivity contribution in [2.45, 2.75) is 0 Å². The molecule has 0 N–H and O–H groups in total. The molecule has 0 aliphatic rings. The Labute approximate surface area is 144 Å². The molecule has 0 saturated carbocycles. The first-order valence-electron chi connectivity index (χ1n) is 7.61. The van der Waals surface area contributed by atoms with E-state index >= 15 is 0 Å². The summed E-state index contributed by atoms with van der Waals surface area (Å²) in [5.41, 5.74) is 0.926. The van der Waals surface area contributed by atoms with Crippen LogP contribution in [0.15, 0.2) is 47.0 Å². The minimum Gasteiger partial charge on any atom is -0.493 e. The van der Waals surface area contributed by atoms with Crippen LogP contribution in [0.3, 0.4) is 0 Å². The van der Waals surface area contributed by atoms with Crippen LogP contribution < -0.4 is 9.47 Å². The summed E-state index contributed by atoms with van der Waals surface area (Å²) in [7, 11) is 3.15. The Morgan fingerprint density at radius 3 is 2.64 bits per heavy atom. The number of hydrogen-bond donors (Lipinski definition) is 0. The first-order valence-corrected chi connectivity index (χ1v) is 7.61. The summed E-state index contributed by atoms with van der Waals surface area (Å²) in [6.07, 6.45) is 0. The maximum absolute atomic E-state index is 13.8. The van der Waals surface area contributed by atoms with Crippen molar-refractivity contribution in [3.05, 3.63) is 48.3 Å². The van der Waals surface area contributed by atoms with Gasteiger partial charge in [-0.1, -0.05) is 17.3 Å². The molecule has 0 aliphatic carbocycles. The number of ether oxygens (including phenoxy) is 3. The van der Waals surface area contributed by atoms with Crippen molar-refractivity contribution in [1.29, 1.82) is 0 Å². The Morgan fingerprint density at radius 2 is 1.88 bits per heavy atom. The van der Waals surface area contributed by atoms with E-state index in [4.69, 9.17) is 18.7 Å². The summed E-state index contributed by atoms with van der Waals surface area (Å²) in [6.45, 7) is 0.883. The van der Waals surface area contributed by atoms with Gasteiger partial charge in [0.1, 0.15) is 12.4 Å². The van der Waals surface area contributed by atoms with E-state index in [1.54, 1.807) is 50.6 Å². The lowest BCUT2D eigenvalue weighted by Gasteiger charge is -2.10. The average Bonchev–Trinajstić information content (AvgIpc) is 3.12. The van der Waals surface area contributed by atoms with Gasteiger partial charge >= 0.3 is 0 Å². The number of benzene rings is 2. The monoisotopic (exact) mass is 344 g/mol. The standard InChI is InChI=1S/C18H17FN2O4/c1-22-9-10-24-15-8-7-12(11-16(15)23-2)17-20-18(25-21-17)13-5-3-4-6-14(13)19/h3-8,11H,9-10H2,1-2H3. The van der Waals surface area contributed by atoms with Crippen molar-refractivity contribution in [3.8, 4) is 34.3 Å². The summed E-state index contributed by atoms with van der Waals surface area (Å²) in [5.74, 6) is 1.15. The van der Waals surface area contributed by atoms with Gasteiger partial charge in [0.15, 0.2) is 11.5 Å². The minimum absolute atomic E-state index is 0.118. The number of rotatable bonds is 7. The van der Waals surface area contributed by atoms with Crippen LogP contribution >= 0.6 is 0 Å². The van der Waals surface area contributed by atoms with Crippen LogP contribution in [-0.4, -0.2) is 37.6 Å². The van der Waals surface area contributed by atoms with Crippen molar-refractivity contribution in [3.63, 3.8) is 0 Å². The van der Waals surface area contributed by atoms with Crippen LogP contribution in [0.5, 0.6) is 11.5 Å². The highest BCUT2D eigenvalue weighted by Gasteiger charge is 2.15. The van der Waals surface area contributed by atoms with E-state index in [9.17, 15) is 4.39 Å². The van der Waals surface area contributed by atoms with Crippen molar-refractivity contribution in [2.24, 2.45) is 0 Å². The number of methoxy groups -OCH3 is 2. The number of halogens is 1. The molecule has 0 fully saturated rings. The van der Waals surface area contributed by atoms with Crippen LogP contribution in [0.1, 0.15) is 0 Å². The molecule has 3 rings (SSSR count). The smallest absolute Gasteiger partial charge is 0.261 e. The molecule has 3 aromatic rings. The normalized spacial score (nSPS) is 10.7. The Kier molecular flexibility index (Phi) is 5.25. The van der Waals surface area contributed by atoms with Gasteiger partial charge in [-0.2, -0.15) is 4.98 Å². The zero-order valence-electron chi connectivity index (χ0n) is 13.9. The predicted molar refractivity (Wildman–Crippen MR) is 89.1 cm³/mol. The summed E-state index contributed by atoms with van der Waals surface area (Å²) in [4.78, 5) is 4.26. The molecule has 0 radical (unpaired) electrons. The number of aromatic nitrogens is 2. The van der Waals surface area contributed by atoms with Crippen LogP contribution in [0.2, 0.25) is 0 Å². The van der Waals surface area contributed by atoms with Crippen LogP contribution in [0, 0.1) is 5.82 Å². The molecule has 0 saturated heterocycles. The third kappa shape index (κ3) is 3.77. The molecule has 0 amide bonds. The molecule has 1 aromatic heterocycles. The van der Waals surface area contributed by atoms with Gasteiger partial charge in [-0.15, -0.1) is 0 Å². The molecule has 0 spiro atoms. The third-order valence-corrected chi connectivity index (χ3v) is 3.50. The molecule has 25 heavy (non-hydrogen) atoms. The first kappa shape index (κ1) is 16.9. The van der Waals surface area contributed by atoms with E-state index < -0.39 is 5.82 Å². The molecule has 0 bridgehead atoms. The second-order valence-electron chi connectivity index (χ2n) is 5.11. The fraction of sp³-hybridized carbons (Fsp3) is 0.222. The van der Waals surface area contributed by atoms with Crippen molar-refractivity contribution in [2.75, 3.05) is 27.4 Å². The molecule has 0 aliphatic heterocycles. The van der Waals surface area contributed by atoms with Crippen molar-refractivity contribution in [1.82, 2.24) is 10.1 Å². The molecular formula is C18H17FN2O4. The third-order valence-electron chi connectivity index (χ3n) is 3.50. The molecule has 130 valence electrons. The highest BCUT2D eigenvalue weighted by Crippen LogP contribution is 2.32. The lowest BCUT2D eigenvalue weighted by atomic mass is 10.2.